The van der Waals surface area contributed by atoms with Crippen molar-refractivity contribution in [3.63, 3.8) is 0 Å². The predicted octanol–water partition coefficient (Wildman–Crippen LogP) is 3.49. The summed E-state index contributed by atoms with van der Waals surface area (Å²) in [4.78, 5) is 12.4. The zero-order valence-corrected chi connectivity index (χ0v) is 16.7. The number of carbonyl (C=O) groups is 1. The molecule has 1 aliphatic heterocycles. The highest BCUT2D eigenvalue weighted by Gasteiger charge is 2.31. The van der Waals surface area contributed by atoms with Crippen LogP contribution in [0.3, 0.4) is 0 Å². The number of piperidine rings is 1. The summed E-state index contributed by atoms with van der Waals surface area (Å²) in [5.74, 6) is 0.127. The second kappa shape index (κ2) is 9.21. The molecule has 0 saturated carbocycles. The molecule has 1 atom stereocenters. The summed E-state index contributed by atoms with van der Waals surface area (Å²) in [7, 11) is -3.63. The summed E-state index contributed by atoms with van der Waals surface area (Å²) in [5.41, 5.74) is 0.213. The van der Waals surface area contributed by atoms with Gasteiger partial charge in [0.25, 0.3) is 0 Å². The molecule has 28 heavy (non-hydrogen) atoms. The number of ether oxygens (including phenoxy) is 2. The number of para-hydroxylation sites is 1. The third-order valence-electron chi connectivity index (χ3n) is 4.75. The fraction of sp³-hybridized carbons (Fsp3) is 0.381. The Morgan fingerprint density at radius 2 is 1.86 bits per heavy atom. The topological polar surface area (TPSA) is 72.9 Å². The van der Waals surface area contributed by atoms with E-state index >= 15 is 0 Å². The quantitative estimate of drug-likeness (QED) is 0.523. The van der Waals surface area contributed by atoms with Crippen molar-refractivity contribution in [2.75, 3.05) is 19.8 Å². The Balaban J connectivity index is 1.61. The van der Waals surface area contributed by atoms with E-state index < -0.39 is 16.0 Å². The van der Waals surface area contributed by atoms with Crippen LogP contribution in [0.1, 0.15) is 36.5 Å². The van der Waals surface area contributed by atoms with E-state index in [1.54, 1.807) is 12.1 Å². The van der Waals surface area contributed by atoms with E-state index in [1.165, 1.54) is 16.4 Å². The van der Waals surface area contributed by atoms with Gasteiger partial charge < -0.3 is 9.47 Å². The number of nitrogens with zero attached hydrogens (tertiary/aromatic N) is 1. The van der Waals surface area contributed by atoms with Gasteiger partial charge >= 0.3 is 5.97 Å². The van der Waals surface area contributed by atoms with E-state index in [2.05, 4.69) is 0 Å². The number of sulfonamides is 1. The lowest BCUT2D eigenvalue weighted by Crippen LogP contribution is -2.41. The number of hydrogen-bond acceptors (Lipinski definition) is 5. The second-order valence-corrected chi connectivity index (χ2v) is 8.68. The molecule has 0 aromatic heterocycles. The molecule has 1 fully saturated rings. The Kier molecular flexibility index (Phi) is 6.70. The molecule has 0 unspecified atom stereocenters. The van der Waals surface area contributed by atoms with Crippen molar-refractivity contribution < 1.29 is 22.7 Å². The van der Waals surface area contributed by atoms with Crippen molar-refractivity contribution in [2.24, 2.45) is 0 Å². The van der Waals surface area contributed by atoms with Crippen LogP contribution >= 0.6 is 0 Å². The van der Waals surface area contributed by atoms with E-state index in [0.717, 1.165) is 19.3 Å². The van der Waals surface area contributed by atoms with Gasteiger partial charge in [0, 0.05) is 12.6 Å². The Hall–Kier alpha value is -2.38. The normalized spacial score (nSPS) is 17.8. The van der Waals surface area contributed by atoms with Crippen LogP contribution in [0.25, 0.3) is 0 Å². The van der Waals surface area contributed by atoms with Crippen LogP contribution in [0.4, 0.5) is 0 Å². The van der Waals surface area contributed by atoms with E-state index in [1.807, 2.05) is 37.3 Å². The Bertz CT molecular complexity index is 898. The highest BCUT2D eigenvalue weighted by molar-refractivity contribution is 7.89. The fourth-order valence-corrected chi connectivity index (χ4v) is 4.99. The SMILES string of the molecule is C[C@H]1CCCCN1S(=O)(=O)c1cccc(C(=O)OCCOc2ccccc2)c1. The first-order chi connectivity index (χ1) is 13.5. The average Bonchev–Trinajstić information content (AvgIpc) is 2.72. The fourth-order valence-electron chi connectivity index (χ4n) is 3.24. The molecule has 0 amide bonds. The third-order valence-corrected chi connectivity index (χ3v) is 6.76. The molecule has 1 aliphatic rings. The van der Waals surface area contributed by atoms with Crippen LogP contribution in [0, 0.1) is 0 Å². The largest absolute Gasteiger partial charge is 0.490 e. The number of benzene rings is 2. The molecule has 150 valence electrons. The van der Waals surface area contributed by atoms with E-state index in [0.29, 0.717) is 12.3 Å². The summed E-state index contributed by atoms with van der Waals surface area (Å²) in [6.45, 7) is 2.73. The van der Waals surface area contributed by atoms with Crippen LogP contribution in [-0.2, 0) is 14.8 Å². The molecule has 1 saturated heterocycles. The van der Waals surface area contributed by atoms with Gasteiger partial charge in [0.2, 0.25) is 10.0 Å². The summed E-state index contributed by atoms with van der Waals surface area (Å²) < 4.78 is 38.1. The lowest BCUT2D eigenvalue weighted by Gasteiger charge is -2.32. The lowest BCUT2D eigenvalue weighted by molar-refractivity contribution is 0.0450. The van der Waals surface area contributed by atoms with Crippen molar-refractivity contribution in [3.8, 4) is 5.75 Å². The minimum absolute atomic E-state index is 0.0375. The Morgan fingerprint density at radius 1 is 1.07 bits per heavy atom. The molecule has 0 N–H and O–H groups in total. The maximum absolute atomic E-state index is 12.9. The first-order valence-electron chi connectivity index (χ1n) is 9.45. The van der Waals surface area contributed by atoms with Crippen LogP contribution in [0.2, 0.25) is 0 Å². The molecule has 7 heteroatoms. The standard InChI is InChI=1S/C21H25NO5S/c1-17-8-5-6-13-22(17)28(24,25)20-12-7-9-18(16-20)21(23)27-15-14-26-19-10-3-2-4-11-19/h2-4,7,9-12,16-17H,5-6,8,13-15H2,1H3/t17-/m0/s1. The van der Waals surface area contributed by atoms with Gasteiger partial charge in [-0.2, -0.15) is 4.31 Å². The maximum atomic E-state index is 12.9. The first kappa shape index (κ1) is 20.4. The molecular weight excluding hydrogens is 378 g/mol. The van der Waals surface area contributed by atoms with Gasteiger partial charge in [0.1, 0.15) is 19.0 Å². The minimum atomic E-state index is -3.63. The van der Waals surface area contributed by atoms with Crippen LogP contribution < -0.4 is 4.74 Å². The van der Waals surface area contributed by atoms with Gasteiger partial charge in [-0.15, -0.1) is 0 Å². The van der Waals surface area contributed by atoms with E-state index in [-0.39, 0.29) is 29.7 Å². The van der Waals surface area contributed by atoms with Gasteiger partial charge in [-0.1, -0.05) is 30.7 Å². The van der Waals surface area contributed by atoms with Gasteiger partial charge in [0.15, 0.2) is 0 Å². The van der Waals surface area contributed by atoms with Crippen molar-refractivity contribution in [2.45, 2.75) is 37.1 Å². The number of hydrogen-bond donors (Lipinski definition) is 0. The smallest absolute Gasteiger partial charge is 0.338 e. The van der Waals surface area contributed by atoms with Gasteiger partial charge in [-0.25, -0.2) is 13.2 Å². The monoisotopic (exact) mass is 403 g/mol. The van der Waals surface area contributed by atoms with Gasteiger partial charge in [-0.05, 0) is 50.1 Å². The highest BCUT2D eigenvalue weighted by atomic mass is 32.2. The van der Waals surface area contributed by atoms with Crippen LogP contribution in [0.5, 0.6) is 5.75 Å². The summed E-state index contributed by atoms with van der Waals surface area (Å²) >= 11 is 0. The first-order valence-corrected chi connectivity index (χ1v) is 10.9. The minimum Gasteiger partial charge on any atom is -0.490 e. The molecule has 0 radical (unpaired) electrons. The van der Waals surface area contributed by atoms with Gasteiger partial charge in [-0.3, -0.25) is 0 Å². The highest BCUT2D eigenvalue weighted by Crippen LogP contribution is 2.25. The summed E-state index contributed by atoms with van der Waals surface area (Å²) in [6, 6.07) is 15.2. The summed E-state index contributed by atoms with van der Waals surface area (Å²) in [5, 5.41) is 0. The molecule has 0 bridgehead atoms. The third kappa shape index (κ3) is 4.91. The molecule has 6 nitrogen and oxygen atoms in total. The van der Waals surface area contributed by atoms with Crippen molar-refractivity contribution >= 4 is 16.0 Å². The molecule has 3 rings (SSSR count). The molecule has 2 aromatic rings. The van der Waals surface area contributed by atoms with Crippen LogP contribution in [0.15, 0.2) is 59.5 Å². The second-order valence-electron chi connectivity index (χ2n) is 6.79. The number of carbonyl (C=O) groups excluding carboxylic acids is 1. The molecule has 1 heterocycles. The predicted molar refractivity (Wildman–Crippen MR) is 106 cm³/mol. The van der Waals surface area contributed by atoms with Crippen molar-refractivity contribution in [1.29, 1.82) is 0 Å². The van der Waals surface area contributed by atoms with E-state index in [9.17, 15) is 13.2 Å². The molecule has 2 aromatic carbocycles. The van der Waals surface area contributed by atoms with Crippen LogP contribution in [-0.4, -0.2) is 44.5 Å². The molecular formula is C21H25NO5S. The summed E-state index contributed by atoms with van der Waals surface area (Å²) in [6.07, 6.45) is 2.74. The van der Waals surface area contributed by atoms with Crippen molar-refractivity contribution in [1.82, 2.24) is 4.31 Å². The van der Waals surface area contributed by atoms with Gasteiger partial charge in [0.05, 0.1) is 10.5 Å². The Labute approximate surface area is 166 Å². The molecule has 0 spiro atoms. The van der Waals surface area contributed by atoms with E-state index in [4.69, 9.17) is 9.47 Å². The average molecular weight is 404 g/mol. The number of esters is 1. The maximum Gasteiger partial charge on any atom is 0.338 e. The Morgan fingerprint density at radius 3 is 2.61 bits per heavy atom. The molecule has 0 aliphatic carbocycles. The number of rotatable bonds is 7. The van der Waals surface area contributed by atoms with Crippen molar-refractivity contribution in [3.05, 3.63) is 60.2 Å². The zero-order valence-electron chi connectivity index (χ0n) is 15.9. The zero-order chi connectivity index (χ0) is 20.0. The lowest BCUT2D eigenvalue weighted by atomic mass is 10.1.